The molecule has 0 amide bonds. The van der Waals surface area contributed by atoms with E-state index < -0.39 is 36.5 Å². The number of carbonyl (C=O) groups is 2. The van der Waals surface area contributed by atoms with Crippen molar-refractivity contribution in [1.29, 1.82) is 0 Å². The first-order valence-electron chi connectivity index (χ1n) is 7.67. The van der Waals surface area contributed by atoms with Gasteiger partial charge in [-0.3, -0.25) is 14.2 Å². The van der Waals surface area contributed by atoms with Gasteiger partial charge in [0, 0.05) is 6.42 Å². The summed E-state index contributed by atoms with van der Waals surface area (Å²) in [7, 11) is -3.94. The second kappa shape index (κ2) is 9.16. The minimum absolute atomic E-state index is 0.190. The molecule has 4 atom stereocenters. The lowest BCUT2D eigenvalue weighted by atomic mass is 9.98. The number of carboxylic acid groups (broad SMARTS) is 2. The van der Waals surface area contributed by atoms with Gasteiger partial charge in [-0.15, -0.1) is 0 Å². The highest BCUT2D eigenvalue weighted by Crippen LogP contribution is 2.63. The normalized spacial score (nSPS) is 18.0. The van der Waals surface area contributed by atoms with E-state index in [2.05, 4.69) is 0 Å². The van der Waals surface area contributed by atoms with Crippen LogP contribution >= 0.6 is 18.7 Å². The van der Waals surface area contributed by atoms with Gasteiger partial charge in [0.25, 0.3) is 0 Å². The summed E-state index contributed by atoms with van der Waals surface area (Å²) in [5.41, 5.74) is -1.08. The van der Waals surface area contributed by atoms with Crippen LogP contribution in [0.15, 0.2) is 29.0 Å². The number of allylic oxidation sites excluding steroid dienone is 2. The van der Waals surface area contributed by atoms with Crippen LogP contribution in [0.3, 0.4) is 0 Å². The van der Waals surface area contributed by atoms with E-state index in [-0.39, 0.29) is 12.8 Å². The molecule has 24 heavy (non-hydrogen) atoms. The van der Waals surface area contributed by atoms with Crippen LogP contribution in [-0.2, 0) is 14.2 Å². The molecular formula is C16H23O6PS. The van der Waals surface area contributed by atoms with Gasteiger partial charge in [-0.05, 0) is 42.2 Å². The number of hydrogen-bond donors (Lipinski definition) is 3. The van der Waals surface area contributed by atoms with E-state index >= 15 is 0 Å². The number of thiophene rings is 1. The molecule has 3 N–H and O–H groups in total. The second-order valence-electron chi connectivity index (χ2n) is 5.55. The molecule has 0 aliphatic heterocycles. The van der Waals surface area contributed by atoms with Crippen molar-refractivity contribution in [3.63, 3.8) is 0 Å². The van der Waals surface area contributed by atoms with Crippen molar-refractivity contribution in [3.05, 3.63) is 34.5 Å². The van der Waals surface area contributed by atoms with Crippen molar-refractivity contribution in [2.24, 2.45) is 5.92 Å². The predicted octanol–water partition coefficient (Wildman–Crippen LogP) is 3.98. The van der Waals surface area contributed by atoms with Crippen molar-refractivity contribution in [3.8, 4) is 0 Å². The van der Waals surface area contributed by atoms with E-state index in [4.69, 9.17) is 5.11 Å². The summed E-state index contributed by atoms with van der Waals surface area (Å²) in [4.78, 5) is 33.2. The third-order valence-corrected chi connectivity index (χ3v) is 7.62. The van der Waals surface area contributed by atoms with Gasteiger partial charge in [-0.25, -0.2) is 0 Å². The van der Waals surface area contributed by atoms with E-state index in [1.807, 2.05) is 5.38 Å². The molecule has 0 bridgehead atoms. The minimum Gasteiger partial charge on any atom is -0.481 e. The predicted molar refractivity (Wildman–Crippen MR) is 93.8 cm³/mol. The van der Waals surface area contributed by atoms with Crippen molar-refractivity contribution >= 4 is 30.6 Å². The van der Waals surface area contributed by atoms with Gasteiger partial charge in [0.2, 0.25) is 7.37 Å². The second-order valence-corrected chi connectivity index (χ2v) is 8.89. The molecule has 1 rings (SSSR count). The lowest BCUT2D eigenvalue weighted by Gasteiger charge is -2.31. The molecule has 134 valence electrons. The Morgan fingerprint density at radius 3 is 2.46 bits per heavy atom. The molecule has 0 saturated carbocycles. The van der Waals surface area contributed by atoms with Crippen LogP contribution < -0.4 is 0 Å². The van der Waals surface area contributed by atoms with E-state index in [1.165, 1.54) is 17.4 Å². The summed E-state index contributed by atoms with van der Waals surface area (Å²) < 4.78 is 13.2. The Labute approximate surface area is 145 Å². The first-order valence-corrected chi connectivity index (χ1v) is 10.4. The minimum atomic E-state index is -3.94. The zero-order valence-corrected chi connectivity index (χ0v) is 15.4. The van der Waals surface area contributed by atoms with E-state index in [0.717, 1.165) is 0 Å². The Morgan fingerprint density at radius 1 is 1.38 bits per heavy atom. The first kappa shape index (κ1) is 20.6. The molecule has 0 aliphatic rings. The molecule has 6 nitrogen and oxygen atoms in total. The molecule has 8 heteroatoms. The number of aliphatic carboxylic acids is 2. The SMILES string of the molecule is CC=CC(C(CCC(=O)O)C(=O)O)P(=O)(O)C(CC)c1ccsc1. The highest BCUT2D eigenvalue weighted by molar-refractivity contribution is 7.59. The molecule has 0 saturated heterocycles. The Balaban J connectivity index is 3.25. The largest absolute Gasteiger partial charge is 0.481 e. The molecule has 1 aromatic heterocycles. The summed E-state index contributed by atoms with van der Waals surface area (Å²) in [6, 6.07) is 1.77. The quantitative estimate of drug-likeness (QED) is 0.422. The topological polar surface area (TPSA) is 112 Å². The maximum atomic E-state index is 13.2. The third kappa shape index (κ3) is 5.03. The Kier molecular flexibility index (Phi) is 7.87. The highest BCUT2D eigenvalue weighted by atomic mass is 32.1. The molecule has 1 aromatic rings. The van der Waals surface area contributed by atoms with Crippen molar-refractivity contribution in [2.45, 2.75) is 44.4 Å². The van der Waals surface area contributed by atoms with Gasteiger partial charge in [-0.2, -0.15) is 11.3 Å². The van der Waals surface area contributed by atoms with Gasteiger partial charge < -0.3 is 15.1 Å². The standard InChI is InChI=1S/C16H23O6PS/c1-3-5-14(12(16(19)20)6-7-15(17)18)23(21,22)13(4-2)11-8-9-24-10-11/h3,5,8-10,12-14H,4,6-7H2,1-2H3,(H,17,18)(H,19,20)(H,21,22). The van der Waals surface area contributed by atoms with Crippen molar-refractivity contribution in [2.75, 3.05) is 0 Å². The Hall–Kier alpha value is -1.43. The maximum absolute atomic E-state index is 13.2. The zero-order chi connectivity index (χ0) is 18.3. The van der Waals surface area contributed by atoms with Crippen LogP contribution in [0.2, 0.25) is 0 Å². The molecule has 0 aromatic carbocycles. The summed E-state index contributed by atoms with van der Waals surface area (Å²) in [6.07, 6.45) is 2.81. The third-order valence-electron chi connectivity index (χ3n) is 3.98. The summed E-state index contributed by atoms with van der Waals surface area (Å²) in [6.45, 7) is 3.43. The smallest absolute Gasteiger partial charge is 0.307 e. The van der Waals surface area contributed by atoms with E-state index in [0.29, 0.717) is 12.0 Å². The molecule has 0 spiro atoms. The molecule has 1 heterocycles. The monoisotopic (exact) mass is 374 g/mol. The van der Waals surface area contributed by atoms with E-state index in [9.17, 15) is 24.2 Å². The van der Waals surface area contributed by atoms with Crippen LogP contribution in [0, 0.1) is 5.92 Å². The molecule has 0 aliphatic carbocycles. The fourth-order valence-corrected chi connectivity index (χ4v) is 6.37. The van der Waals surface area contributed by atoms with Crippen LogP contribution in [-0.4, -0.2) is 32.7 Å². The Bertz CT molecular complexity index is 625. The van der Waals surface area contributed by atoms with Crippen LogP contribution in [0.1, 0.15) is 44.3 Å². The lowest BCUT2D eigenvalue weighted by Crippen LogP contribution is -2.29. The molecular weight excluding hydrogens is 351 g/mol. The molecule has 4 unspecified atom stereocenters. The van der Waals surface area contributed by atoms with Crippen molar-refractivity contribution < 1.29 is 29.3 Å². The summed E-state index contributed by atoms with van der Waals surface area (Å²) >= 11 is 1.41. The zero-order valence-electron chi connectivity index (χ0n) is 13.7. The van der Waals surface area contributed by atoms with Gasteiger partial charge >= 0.3 is 11.9 Å². The van der Waals surface area contributed by atoms with Crippen LogP contribution in [0.25, 0.3) is 0 Å². The number of carboxylic acids is 2. The number of hydrogen-bond acceptors (Lipinski definition) is 4. The summed E-state index contributed by atoms with van der Waals surface area (Å²) in [5.74, 6) is -3.60. The summed E-state index contributed by atoms with van der Waals surface area (Å²) in [5, 5.41) is 21.9. The fourth-order valence-electron chi connectivity index (χ4n) is 2.82. The average Bonchev–Trinajstić information content (AvgIpc) is 3.00. The van der Waals surface area contributed by atoms with Crippen molar-refractivity contribution in [1.82, 2.24) is 0 Å². The van der Waals surface area contributed by atoms with E-state index in [1.54, 1.807) is 31.4 Å². The van der Waals surface area contributed by atoms with Gasteiger partial charge in [-0.1, -0.05) is 19.1 Å². The maximum Gasteiger partial charge on any atom is 0.307 e. The van der Waals surface area contributed by atoms with Gasteiger partial charge in [0.05, 0.1) is 17.2 Å². The molecule has 0 fully saturated rings. The van der Waals surface area contributed by atoms with Gasteiger partial charge in [0.1, 0.15) is 0 Å². The Morgan fingerprint density at radius 2 is 2.04 bits per heavy atom. The highest BCUT2D eigenvalue weighted by Gasteiger charge is 2.44. The van der Waals surface area contributed by atoms with Gasteiger partial charge in [0.15, 0.2) is 0 Å². The van der Waals surface area contributed by atoms with Crippen LogP contribution in [0.5, 0.6) is 0 Å². The first-order chi connectivity index (χ1) is 11.3. The fraction of sp³-hybridized carbons (Fsp3) is 0.500. The average molecular weight is 374 g/mol. The molecule has 0 radical (unpaired) electrons. The lowest BCUT2D eigenvalue weighted by molar-refractivity contribution is -0.142. The number of rotatable bonds is 10. The van der Waals surface area contributed by atoms with Crippen LogP contribution in [0.4, 0.5) is 0 Å².